The maximum Gasteiger partial charge on any atom is 0.316 e. The van der Waals surface area contributed by atoms with E-state index in [0.717, 1.165) is 57.7 Å². The van der Waals surface area contributed by atoms with Gasteiger partial charge in [0.15, 0.2) is 11.6 Å². The molecule has 3 heterocycles. The lowest BCUT2D eigenvalue weighted by atomic mass is 9.93. The van der Waals surface area contributed by atoms with Crippen molar-refractivity contribution >= 4 is 11.8 Å². The Hall–Kier alpha value is -1.60. The van der Waals surface area contributed by atoms with Gasteiger partial charge in [0.05, 0.1) is 19.3 Å². The zero-order chi connectivity index (χ0) is 18.5. The monoisotopic (exact) mass is 365 g/mol. The van der Waals surface area contributed by atoms with Crippen LogP contribution >= 0.6 is 0 Å². The number of methoxy groups -OCH3 is 1. The van der Waals surface area contributed by atoms with E-state index in [0.29, 0.717) is 18.0 Å². The molecule has 0 radical (unpaired) electrons. The van der Waals surface area contributed by atoms with Crippen LogP contribution in [-0.4, -0.2) is 56.6 Å². The summed E-state index contributed by atoms with van der Waals surface area (Å²) in [6.45, 7) is 7.87. The Kier molecular flexibility index (Phi) is 6.53. The number of carbonyl (C=O) groups is 1. The van der Waals surface area contributed by atoms with E-state index in [1.165, 1.54) is 7.11 Å². The standard InChI is InChI=1S/C19H31N3O4/c1-13(2)18(19(23)24-3)16-12-17(21-26-16)22-10-6-15(7-11-22)25-14-4-8-20-9-5-14/h12-15,18,20H,4-11H2,1-3H3. The van der Waals surface area contributed by atoms with E-state index in [1.54, 1.807) is 0 Å². The van der Waals surface area contributed by atoms with Crippen molar-refractivity contribution < 1.29 is 18.8 Å². The first-order valence-electron chi connectivity index (χ1n) is 9.74. The number of esters is 1. The Bertz CT molecular complexity index is 575. The molecule has 26 heavy (non-hydrogen) atoms. The molecule has 0 aliphatic carbocycles. The SMILES string of the molecule is COC(=O)C(c1cc(N2CCC(OC3CCNCC3)CC2)no1)C(C)C. The van der Waals surface area contributed by atoms with Gasteiger partial charge in [-0.15, -0.1) is 0 Å². The molecule has 1 aromatic heterocycles. The highest BCUT2D eigenvalue weighted by Gasteiger charge is 2.31. The Morgan fingerprint density at radius 2 is 1.88 bits per heavy atom. The molecule has 7 heteroatoms. The molecule has 0 saturated carbocycles. The third-order valence-corrected chi connectivity index (χ3v) is 5.38. The fraction of sp³-hybridized carbons (Fsp3) is 0.789. The predicted molar refractivity (Wildman–Crippen MR) is 98.3 cm³/mol. The molecule has 0 aromatic carbocycles. The van der Waals surface area contributed by atoms with Crippen LogP contribution in [0.5, 0.6) is 0 Å². The lowest BCUT2D eigenvalue weighted by Crippen LogP contribution is -2.41. The highest BCUT2D eigenvalue weighted by atomic mass is 16.5. The second-order valence-electron chi connectivity index (χ2n) is 7.60. The van der Waals surface area contributed by atoms with E-state index in [2.05, 4.69) is 15.4 Å². The van der Waals surface area contributed by atoms with Crippen molar-refractivity contribution in [1.82, 2.24) is 10.5 Å². The van der Waals surface area contributed by atoms with Crippen LogP contribution in [0, 0.1) is 5.92 Å². The molecule has 1 N–H and O–H groups in total. The minimum atomic E-state index is -0.415. The Balaban J connectivity index is 1.54. The van der Waals surface area contributed by atoms with Gasteiger partial charge in [0.1, 0.15) is 5.92 Å². The summed E-state index contributed by atoms with van der Waals surface area (Å²) in [6.07, 6.45) is 4.94. The second kappa shape index (κ2) is 8.86. The van der Waals surface area contributed by atoms with Crippen molar-refractivity contribution in [1.29, 1.82) is 0 Å². The van der Waals surface area contributed by atoms with Crippen LogP contribution in [0.4, 0.5) is 5.82 Å². The van der Waals surface area contributed by atoms with E-state index in [1.807, 2.05) is 19.9 Å². The van der Waals surface area contributed by atoms with Gasteiger partial charge in [0, 0.05) is 19.2 Å². The number of aromatic nitrogens is 1. The van der Waals surface area contributed by atoms with Gasteiger partial charge in [0.25, 0.3) is 0 Å². The van der Waals surface area contributed by atoms with Crippen LogP contribution in [0.1, 0.15) is 51.2 Å². The molecule has 1 aromatic rings. The summed E-state index contributed by atoms with van der Waals surface area (Å²) in [4.78, 5) is 14.2. The first-order valence-corrected chi connectivity index (χ1v) is 9.74. The Morgan fingerprint density at radius 3 is 2.50 bits per heavy atom. The minimum absolute atomic E-state index is 0.0902. The molecule has 0 spiro atoms. The molecular weight excluding hydrogens is 334 g/mol. The van der Waals surface area contributed by atoms with Crippen LogP contribution in [0.15, 0.2) is 10.6 Å². The lowest BCUT2D eigenvalue weighted by molar-refractivity contribution is -0.144. The summed E-state index contributed by atoms with van der Waals surface area (Å²) in [5.74, 6) is 0.774. The minimum Gasteiger partial charge on any atom is -0.468 e. The highest BCUT2D eigenvalue weighted by molar-refractivity contribution is 5.77. The van der Waals surface area contributed by atoms with Crippen LogP contribution in [0.25, 0.3) is 0 Å². The van der Waals surface area contributed by atoms with Gasteiger partial charge >= 0.3 is 5.97 Å². The van der Waals surface area contributed by atoms with E-state index in [-0.39, 0.29) is 11.9 Å². The van der Waals surface area contributed by atoms with Gasteiger partial charge in [0.2, 0.25) is 0 Å². The van der Waals surface area contributed by atoms with Gasteiger partial charge in [-0.1, -0.05) is 19.0 Å². The Morgan fingerprint density at radius 1 is 1.23 bits per heavy atom. The third kappa shape index (κ3) is 4.57. The van der Waals surface area contributed by atoms with Gasteiger partial charge in [-0.3, -0.25) is 4.79 Å². The van der Waals surface area contributed by atoms with Crippen molar-refractivity contribution in [3.05, 3.63) is 11.8 Å². The second-order valence-corrected chi connectivity index (χ2v) is 7.60. The maximum atomic E-state index is 12.0. The molecule has 1 unspecified atom stereocenters. The molecular formula is C19H31N3O4. The number of anilines is 1. The normalized spacial score (nSPS) is 21.2. The fourth-order valence-electron chi connectivity index (χ4n) is 3.84. The summed E-state index contributed by atoms with van der Waals surface area (Å²) < 4.78 is 16.7. The van der Waals surface area contributed by atoms with Gasteiger partial charge in [-0.05, 0) is 44.7 Å². The number of hydrogen-bond acceptors (Lipinski definition) is 7. The molecule has 2 fully saturated rings. The summed E-state index contributed by atoms with van der Waals surface area (Å²) in [6, 6.07) is 1.88. The number of piperidine rings is 2. The number of rotatable bonds is 6. The Labute approximate surface area is 155 Å². The fourth-order valence-corrected chi connectivity index (χ4v) is 3.84. The quantitative estimate of drug-likeness (QED) is 0.775. The number of hydrogen-bond donors (Lipinski definition) is 1. The molecule has 146 valence electrons. The van der Waals surface area contributed by atoms with E-state index in [4.69, 9.17) is 14.0 Å². The summed E-state index contributed by atoms with van der Waals surface area (Å²) in [5, 5.41) is 7.57. The molecule has 2 aliphatic heterocycles. The lowest BCUT2D eigenvalue weighted by Gasteiger charge is -2.34. The average Bonchev–Trinajstić information content (AvgIpc) is 3.12. The third-order valence-electron chi connectivity index (χ3n) is 5.38. The molecule has 1 atom stereocenters. The maximum absolute atomic E-state index is 12.0. The molecule has 0 amide bonds. The highest BCUT2D eigenvalue weighted by Crippen LogP contribution is 2.30. The van der Waals surface area contributed by atoms with Crippen molar-refractivity contribution in [3.8, 4) is 0 Å². The van der Waals surface area contributed by atoms with Crippen LogP contribution in [0.2, 0.25) is 0 Å². The van der Waals surface area contributed by atoms with Crippen LogP contribution < -0.4 is 10.2 Å². The summed E-state index contributed by atoms with van der Waals surface area (Å²) >= 11 is 0. The first-order chi connectivity index (χ1) is 12.6. The average molecular weight is 365 g/mol. The molecule has 7 nitrogen and oxygen atoms in total. The van der Waals surface area contributed by atoms with Crippen molar-refractivity contribution in [2.24, 2.45) is 5.92 Å². The number of nitrogens with zero attached hydrogens (tertiary/aromatic N) is 2. The van der Waals surface area contributed by atoms with E-state index in [9.17, 15) is 4.79 Å². The van der Waals surface area contributed by atoms with E-state index >= 15 is 0 Å². The first kappa shape index (κ1) is 19.2. The molecule has 0 bridgehead atoms. The zero-order valence-electron chi connectivity index (χ0n) is 16.1. The van der Waals surface area contributed by atoms with Crippen LogP contribution in [0.3, 0.4) is 0 Å². The largest absolute Gasteiger partial charge is 0.468 e. The zero-order valence-corrected chi connectivity index (χ0v) is 16.1. The van der Waals surface area contributed by atoms with Gasteiger partial charge < -0.3 is 24.2 Å². The molecule has 2 aliphatic rings. The van der Waals surface area contributed by atoms with E-state index < -0.39 is 5.92 Å². The van der Waals surface area contributed by atoms with Crippen molar-refractivity contribution in [2.45, 2.75) is 57.7 Å². The number of carbonyl (C=O) groups excluding carboxylic acids is 1. The van der Waals surface area contributed by atoms with Crippen molar-refractivity contribution in [3.63, 3.8) is 0 Å². The summed E-state index contributed by atoms with van der Waals surface area (Å²) in [5.41, 5.74) is 0. The molecule has 3 rings (SSSR count). The number of ether oxygens (including phenoxy) is 2. The topological polar surface area (TPSA) is 76.8 Å². The summed E-state index contributed by atoms with van der Waals surface area (Å²) in [7, 11) is 1.40. The van der Waals surface area contributed by atoms with Gasteiger partial charge in [-0.25, -0.2) is 0 Å². The van der Waals surface area contributed by atoms with Crippen LogP contribution in [-0.2, 0) is 14.3 Å². The predicted octanol–water partition coefficient (Wildman–Crippen LogP) is 2.32. The van der Waals surface area contributed by atoms with Crippen molar-refractivity contribution in [2.75, 3.05) is 38.2 Å². The van der Waals surface area contributed by atoms with Gasteiger partial charge in [-0.2, -0.15) is 0 Å². The number of nitrogens with one attached hydrogen (secondary N) is 1. The smallest absolute Gasteiger partial charge is 0.316 e. The molecule has 2 saturated heterocycles.